The van der Waals surface area contributed by atoms with Gasteiger partial charge in [0.15, 0.2) is 5.78 Å². The van der Waals surface area contributed by atoms with Gasteiger partial charge in [0.1, 0.15) is 5.75 Å². The van der Waals surface area contributed by atoms with E-state index >= 15 is 0 Å². The van der Waals surface area contributed by atoms with E-state index in [9.17, 15) is 18.0 Å². The Balaban J connectivity index is 3.13. The molecule has 0 fully saturated rings. The summed E-state index contributed by atoms with van der Waals surface area (Å²) in [5, 5.41) is 0.0688. The van der Waals surface area contributed by atoms with Crippen LogP contribution in [0.5, 0.6) is 5.75 Å². The molecular formula is C9H6ClF3O2. The van der Waals surface area contributed by atoms with Crippen LogP contribution in [0.15, 0.2) is 18.2 Å². The third-order valence-electron chi connectivity index (χ3n) is 1.55. The van der Waals surface area contributed by atoms with Gasteiger partial charge in [0.2, 0.25) is 0 Å². The van der Waals surface area contributed by atoms with Crippen molar-refractivity contribution in [1.29, 1.82) is 0 Å². The molecule has 0 radical (unpaired) electrons. The Bertz CT molecular complexity index is 387. The zero-order valence-electron chi connectivity index (χ0n) is 7.56. The van der Waals surface area contributed by atoms with E-state index in [1.807, 2.05) is 0 Å². The highest BCUT2D eigenvalue weighted by atomic mass is 35.5. The first kappa shape index (κ1) is 11.8. The van der Waals surface area contributed by atoms with Gasteiger partial charge in [-0.05, 0) is 25.1 Å². The summed E-state index contributed by atoms with van der Waals surface area (Å²) in [7, 11) is 0. The van der Waals surface area contributed by atoms with Gasteiger partial charge in [0.05, 0.1) is 5.56 Å². The average Bonchev–Trinajstić information content (AvgIpc) is 1.99. The van der Waals surface area contributed by atoms with Crippen molar-refractivity contribution in [2.45, 2.75) is 13.3 Å². The largest absolute Gasteiger partial charge is 0.573 e. The summed E-state index contributed by atoms with van der Waals surface area (Å²) in [6.45, 7) is 1.15. The van der Waals surface area contributed by atoms with E-state index in [0.29, 0.717) is 0 Å². The molecular weight excluding hydrogens is 233 g/mol. The van der Waals surface area contributed by atoms with Crippen LogP contribution in [-0.4, -0.2) is 12.1 Å². The van der Waals surface area contributed by atoms with Crippen molar-refractivity contribution >= 4 is 17.4 Å². The summed E-state index contributed by atoms with van der Waals surface area (Å²) < 4.78 is 39.5. The molecule has 0 aromatic heterocycles. The van der Waals surface area contributed by atoms with Crippen LogP contribution < -0.4 is 4.74 Å². The van der Waals surface area contributed by atoms with Gasteiger partial charge in [-0.15, -0.1) is 13.2 Å². The summed E-state index contributed by atoms with van der Waals surface area (Å²) in [4.78, 5) is 11.0. The standard InChI is InChI=1S/C9H6ClF3O2/c1-5(14)7-3-2-6(10)4-8(7)15-9(11,12)13/h2-4H,1H3. The zero-order chi connectivity index (χ0) is 11.6. The second kappa shape index (κ2) is 4.10. The maximum absolute atomic E-state index is 11.9. The lowest BCUT2D eigenvalue weighted by Crippen LogP contribution is -2.18. The Hall–Kier alpha value is -1.23. The second-order valence-electron chi connectivity index (χ2n) is 2.74. The lowest BCUT2D eigenvalue weighted by molar-refractivity contribution is -0.274. The van der Waals surface area contributed by atoms with E-state index in [2.05, 4.69) is 4.74 Å². The molecule has 0 aliphatic heterocycles. The number of carbonyl (C=O) groups excluding carboxylic acids is 1. The Labute approximate surface area is 88.6 Å². The molecule has 1 aromatic carbocycles. The lowest BCUT2D eigenvalue weighted by atomic mass is 10.1. The molecule has 15 heavy (non-hydrogen) atoms. The normalized spacial score (nSPS) is 11.3. The van der Waals surface area contributed by atoms with E-state index in [1.54, 1.807) is 0 Å². The van der Waals surface area contributed by atoms with E-state index in [-0.39, 0.29) is 10.6 Å². The summed E-state index contributed by atoms with van der Waals surface area (Å²) in [5.74, 6) is -1.10. The molecule has 0 saturated carbocycles. The first-order valence-electron chi connectivity index (χ1n) is 3.86. The molecule has 0 N–H and O–H groups in total. The molecule has 0 atom stereocenters. The molecule has 82 valence electrons. The van der Waals surface area contributed by atoms with Gasteiger partial charge in [-0.2, -0.15) is 0 Å². The molecule has 1 rings (SSSR count). The van der Waals surface area contributed by atoms with Crippen LogP contribution in [0.4, 0.5) is 13.2 Å². The molecule has 0 bridgehead atoms. The molecule has 1 aromatic rings. The molecule has 0 aliphatic carbocycles. The van der Waals surface area contributed by atoms with Crippen LogP contribution in [0.25, 0.3) is 0 Å². The van der Waals surface area contributed by atoms with E-state index in [0.717, 1.165) is 13.0 Å². The minimum absolute atomic E-state index is 0.0688. The predicted molar refractivity (Wildman–Crippen MR) is 48.1 cm³/mol. The van der Waals surface area contributed by atoms with Gasteiger partial charge in [0.25, 0.3) is 0 Å². The Morgan fingerprint density at radius 3 is 2.47 bits per heavy atom. The van der Waals surface area contributed by atoms with Crippen molar-refractivity contribution < 1.29 is 22.7 Å². The van der Waals surface area contributed by atoms with Gasteiger partial charge >= 0.3 is 6.36 Å². The minimum atomic E-state index is -4.84. The van der Waals surface area contributed by atoms with E-state index < -0.39 is 17.9 Å². The van der Waals surface area contributed by atoms with Gasteiger partial charge < -0.3 is 4.74 Å². The van der Waals surface area contributed by atoms with Crippen LogP contribution in [-0.2, 0) is 0 Å². The highest BCUT2D eigenvalue weighted by Gasteiger charge is 2.32. The number of hydrogen-bond acceptors (Lipinski definition) is 2. The van der Waals surface area contributed by atoms with Crippen LogP contribution in [0.2, 0.25) is 5.02 Å². The van der Waals surface area contributed by atoms with Gasteiger partial charge in [-0.1, -0.05) is 11.6 Å². The average molecular weight is 239 g/mol. The Morgan fingerprint density at radius 2 is 2.00 bits per heavy atom. The fourth-order valence-electron chi connectivity index (χ4n) is 0.996. The molecule has 0 amide bonds. The summed E-state index contributed by atoms with van der Waals surface area (Å²) in [6, 6.07) is 3.46. The van der Waals surface area contributed by atoms with Gasteiger partial charge in [-0.3, -0.25) is 4.79 Å². The van der Waals surface area contributed by atoms with Crippen molar-refractivity contribution in [3.8, 4) is 5.75 Å². The van der Waals surface area contributed by atoms with Crippen molar-refractivity contribution in [3.63, 3.8) is 0 Å². The molecule has 0 aliphatic rings. The number of carbonyl (C=O) groups is 1. The van der Waals surface area contributed by atoms with Crippen molar-refractivity contribution in [2.24, 2.45) is 0 Å². The zero-order valence-corrected chi connectivity index (χ0v) is 8.32. The summed E-state index contributed by atoms with van der Waals surface area (Å²) in [6.07, 6.45) is -4.84. The number of ether oxygens (including phenoxy) is 1. The van der Waals surface area contributed by atoms with E-state index in [4.69, 9.17) is 11.6 Å². The van der Waals surface area contributed by atoms with Crippen molar-refractivity contribution in [2.75, 3.05) is 0 Å². The molecule has 0 saturated heterocycles. The first-order chi connectivity index (χ1) is 6.79. The number of alkyl halides is 3. The number of halogens is 4. The SMILES string of the molecule is CC(=O)c1ccc(Cl)cc1OC(F)(F)F. The number of benzene rings is 1. The smallest absolute Gasteiger partial charge is 0.405 e. The molecule has 0 heterocycles. The Kier molecular flexibility index (Phi) is 3.24. The fourth-order valence-corrected chi connectivity index (χ4v) is 1.16. The van der Waals surface area contributed by atoms with Crippen LogP contribution in [0, 0.1) is 0 Å². The van der Waals surface area contributed by atoms with Crippen LogP contribution in [0.1, 0.15) is 17.3 Å². The maximum atomic E-state index is 11.9. The molecule has 0 spiro atoms. The number of Topliss-reactive ketones (excluding diaryl/α,β-unsaturated/α-hetero) is 1. The maximum Gasteiger partial charge on any atom is 0.573 e. The number of ketones is 1. The quantitative estimate of drug-likeness (QED) is 0.738. The van der Waals surface area contributed by atoms with Crippen LogP contribution >= 0.6 is 11.6 Å². The fraction of sp³-hybridized carbons (Fsp3) is 0.222. The minimum Gasteiger partial charge on any atom is -0.405 e. The van der Waals surface area contributed by atoms with Crippen molar-refractivity contribution in [3.05, 3.63) is 28.8 Å². The van der Waals surface area contributed by atoms with Crippen molar-refractivity contribution in [1.82, 2.24) is 0 Å². The third-order valence-corrected chi connectivity index (χ3v) is 1.78. The third kappa shape index (κ3) is 3.43. The lowest BCUT2D eigenvalue weighted by Gasteiger charge is -2.11. The van der Waals surface area contributed by atoms with Gasteiger partial charge in [0, 0.05) is 5.02 Å². The monoisotopic (exact) mass is 238 g/mol. The van der Waals surface area contributed by atoms with Crippen LogP contribution in [0.3, 0.4) is 0 Å². The highest BCUT2D eigenvalue weighted by Crippen LogP contribution is 2.29. The van der Waals surface area contributed by atoms with E-state index in [1.165, 1.54) is 12.1 Å². The first-order valence-corrected chi connectivity index (χ1v) is 4.23. The predicted octanol–water partition coefficient (Wildman–Crippen LogP) is 3.44. The summed E-state index contributed by atoms with van der Waals surface area (Å²) in [5.41, 5.74) is -0.156. The highest BCUT2D eigenvalue weighted by molar-refractivity contribution is 6.30. The van der Waals surface area contributed by atoms with Gasteiger partial charge in [-0.25, -0.2) is 0 Å². The Morgan fingerprint density at radius 1 is 1.40 bits per heavy atom. The molecule has 0 unspecified atom stereocenters. The topological polar surface area (TPSA) is 26.3 Å². The number of rotatable bonds is 2. The molecule has 2 nitrogen and oxygen atoms in total. The number of hydrogen-bond donors (Lipinski definition) is 0. The molecule has 6 heteroatoms. The second-order valence-corrected chi connectivity index (χ2v) is 3.18. The summed E-state index contributed by atoms with van der Waals surface area (Å²) >= 11 is 5.49.